The van der Waals surface area contributed by atoms with Gasteiger partial charge in [-0.25, -0.2) is 0 Å². The number of nitrogens with zero attached hydrogens (tertiary/aromatic N) is 1. The first-order valence-electron chi connectivity index (χ1n) is 6.07. The monoisotopic (exact) mass is 266 g/mol. The van der Waals surface area contributed by atoms with Crippen molar-refractivity contribution in [3.8, 4) is 11.5 Å². The second-order valence-electron chi connectivity index (χ2n) is 4.56. The molecule has 0 saturated carbocycles. The molecule has 6 heteroatoms. The number of carbonyl (C=O) groups is 1. The van der Waals surface area contributed by atoms with Crippen molar-refractivity contribution in [2.75, 3.05) is 27.4 Å². The summed E-state index contributed by atoms with van der Waals surface area (Å²) in [6.45, 7) is 1.35. The number of nitrogens with one attached hydrogen (secondary N) is 1. The fraction of sp³-hybridized carbons (Fsp3) is 0.462. The highest BCUT2D eigenvalue weighted by Crippen LogP contribution is 2.32. The molecule has 0 fully saturated rings. The molecule has 19 heavy (non-hydrogen) atoms. The van der Waals surface area contributed by atoms with E-state index in [0.717, 1.165) is 17.1 Å². The Morgan fingerprint density at radius 2 is 2.21 bits per heavy atom. The number of aliphatic carboxylic acids is 1. The summed E-state index contributed by atoms with van der Waals surface area (Å²) in [5, 5.41) is 11.8. The first kappa shape index (κ1) is 13.6. The van der Waals surface area contributed by atoms with Crippen LogP contribution in [-0.2, 0) is 11.3 Å². The van der Waals surface area contributed by atoms with Crippen LogP contribution in [0.15, 0.2) is 18.2 Å². The molecule has 6 nitrogen and oxygen atoms in total. The Morgan fingerprint density at radius 3 is 2.89 bits per heavy atom. The van der Waals surface area contributed by atoms with Gasteiger partial charge >= 0.3 is 5.97 Å². The zero-order valence-corrected chi connectivity index (χ0v) is 11.0. The summed E-state index contributed by atoms with van der Waals surface area (Å²) >= 11 is 0. The zero-order chi connectivity index (χ0) is 13.8. The zero-order valence-electron chi connectivity index (χ0n) is 11.0. The van der Waals surface area contributed by atoms with Crippen LogP contribution in [0.4, 0.5) is 0 Å². The summed E-state index contributed by atoms with van der Waals surface area (Å²) in [6.07, 6.45) is 0. The average molecular weight is 266 g/mol. The number of ether oxygens (including phenoxy) is 2. The molecule has 1 aromatic rings. The summed E-state index contributed by atoms with van der Waals surface area (Å²) in [6, 6.07) is 5.18. The summed E-state index contributed by atoms with van der Waals surface area (Å²) < 4.78 is 10.6. The van der Waals surface area contributed by atoms with Gasteiger partial charge in [-0.1, -0.05) is 6.07 Å². The van der Waals surface area contributed by atoms with Gasteiger partial charge in [0.05, 0.1) is 0 Å². The van der Waals surface area contributed by atoms with E-state index in [2.05, 4.69) is 5.32 Å². The molecule has 1 aliphatic rings. The van der Waals surface area contributed by atoms with Crippen LogP contribution in [0.25, 0.3) is 0 Å². The standard InChI is InChI=1S/C13H18N2O4/c1-14-10(13(16)17)7-15(2)6-9-3-4-11-12(5-9)19-8-18-11/h3-5,10,14H,6-8H2,1-2H3,(H,16,17). The van der Waals surface area contributed by atoms with Crippen LogP contribution in [0.5, 0.6) is 11.5 Å². The van der Waals surface area contributed by atoms with Gasteiger partial charge < -0.3 is 19.9 Å². The highest BCUT2D eigenvalue weighted by molar-refractivity contribution is 5.73. The van der Waals surface area contributed by atoms with Gasteiger partial charge in [-0.2, -0.15) is 0 Å². The fourth-order valence-corrected chi connectivity index (χ4v) is 2.02. The van der Waals surface area contributed by atoms with Crippen LogP contribution in [-0.4, -0.2) is 49.5 Å². The molecule has 1 atom stereocenters. The number of likely N-dealkylation sites (N-methyl/N-ethyl adjacent to an activating group) is 2. The van der Waals surface area contributed by atoms with Crippen LogP contribution in [0, 0.1) is 0 Å². The number of hydrogen-bond acceptors (Lipinski definition) is 5. The van der Waals surface area contributed by atoms with Crippen molar-refractivity contribution in [1.82, 2.24) is 10.2 Å². The number of carboxylic acids is 1. The number of fused-ring (bicyclic) bond motifs is 1. The van der Waals surface area contributed by atoms with Crippen LogP contribution < -0.4 is 14.8 Å². The molecule has 0 aliphatic carbocycles. The minimum atomic E-state index is -0.847. The van der Waals surface area contributed by atoms with Crippen molar-refractivity contribution < 1.29 is 19.4 Å². The quantitative estimate of drug-likeness (QED) is 0.782. The van der Waals surface area contributed by atoms with Crippen molar-refractivity contribution >= 4 is 5.97 Å². The van der Waals surface area contributed by atoms with Crippen molar-refractivity contribution in [2.24, 2.45) is 0 Å². The molecule has 0 bridgehead atoms. The number of hydrogen-bond donors (Lipinski definition) is 2. The molecule has 0 aromatic heterocycles. The lowest BCUT2D eigenvalue weighted by molar-refractivity contribution is -0.139. The Hall–Kier alpha value is -1.79. The molecule has 2 rings (SSSR count). The molecular weight excluding hydrogens is 248 g/mol. The second-order valence-corrected chi connectivity index (χ2v) is 4.56. The second kappa shape index (κ2) is 5.90. The van der Waals surface area contributed by atoms with Gasteiger partial charge in [-0.15, -0.1) is 0 Å². The van der Waals surface area contributed by atoms with E-state index >= 15 is 0 Å². The molecule has 104 valence electrons. The predicted molar refractivity (Wildman–Crippen MR) is 69.4 cm³/mol. The summed E-state index contributed by atoms with van der Waals surface area (Å²) in [4.78, 5) is 12.9. The van der Waals surface area contributed by atoms with Crippen LogP contribution in [0.1, 0.15) is 5.56 Å². The van der Waals surface area contributed by atoms with E-state index in [-0.39, 0.29) is 6.79 Å². The molecule has 2 N–H and O–H groups in total. The van der Waals surface area contributed by atoms with Crippen LogP contribution >= 0.6 is 0 Å². The largest absolute Gasteiger partial charge is 0.480 e. The van der Waals surface area contributed by atoms with Gasteiger partial charge in [0, 0.05) is 13.1 Å². The minimum Gasteiger partial charge on any atom is -0.480 e. The third kappa shape index (κ3) is 3.36. The van der Waals surface area contributed by atoms with E-state index < -0.39 is 12.0 Å². The maximum absolute atomic E-state index is 10.9. The minimum absolute atomic E-state index is 0.259. The van der Waals surface area contributed by atoms with Gasteiger partial charge in [-0.05, 0) is 31.8 Å². The highest BCUT2D eigenvalue weighted by Gasteiger charge is 2.18. The number of rotatable bonds is 6. The lowest BCUT2D eigenvalue weighted by Gasteiger charge is -2.21. The first-order valence-corrected chi connectivity index (χ1v) is 6.07. The summed E-state index contributed by atoms with van der Waals surface area (Å²) in [5.41, 5.74) is 1.06. The number of benzene rings is 1. The van der Waals surface area contributed by atoms with Crippen molar-refractivity contribution in [3.63, 3.8) is 0 Å². The summed E-state index contributed by atoms with van der Waals surface area (Å²) in [7, 11) is 3.53. The van der Waals surface area contributed by atoms with E-state index in [1.165, 1.54) is 0 Å². The Balaban J connectivity index is 1.95. The first-order chi connectivity index (χ1) is 9.10. The molecule has 1 aromatic carbocycles. The highest BCUT2D eigenvalue weighted by atomic mass is 16.7. The normalized spacial score (nSPS) is 14.7. The van der Waals surface area contributed by atoms with Gasteiger partial charge in [0.15, 0.2) is 11.5 Å². The molecule has 0 radical (unpaired) electrons. The molecule has 1 unspecified atom stereocenters. The molecule has 0 spiro atoms. The smallest absolute Gasteiger partial charge is 0.322 e. The van der Waals surface area contributed by atoms with Crippen LogP contribution in [0.2, 0.25) is 0 Å². The van der Waals surface area contributed by atoms with Gasteiger partial charge in [0.1, 0.15) is 6.04 Å². The summed E-state index contributed by atoms with van der Waals surface area (Å²) in [5.74, 6) is 0.652. The maximum atomic E-state index is 10.9. The molecule has 0 saturated heterocycles. The lowest BCUT2D eigenvalue weighted by Crippen LogP contribution is -2.43. The van der Waals surface area contributed by atoms with Crippen molar-refractivity contribution in [2.45, 2.75) is 12.6 Å². The molecular formula is C13H18N2O4. The molecule has 1 heterocycles. The lowest BCUT2D eigenvalue weighted by atomic mass is 10.2. The Bertz CT molecular complexity index is 464. The van der Waals surface area contributed by atoms with Gasteiger partial charge in [0.25, 0.3) is 0 Å². The maximum Gasteiger partial charge on any atom is 0.322 e. The fourth-order valence-electron chi connectivity index (χ4n) is 2.02. The Kier molecular flexibility index (Phi) is 4.24. The van der Waals surface area contributed by atoms with Crippen LogP contribution in [0.3, 0.4) is 0 Å². The predicted octanol–water partition coefficient (Wildman–Crippen LogP) is 0.520. The SMILES string of the molecule is CNC(CN(C)Cc1ccc2c(c1)OCO2)C(=O)O. The van der Waals surface area contributed by atoms with Gasteiger partial charge in [-0.3, -0.25) is 9.69 Å². The Labute approximate surface area is 111 Å². The van der Waals surface area contributed by atoms with E-state index in [0.29, 0.717) is 13.1 Å². The van der Waals surface area contributed by atoms with Gasteiger partial charge in [0.2, 0.25) is 6.79 Å². The van der Waals surface area contributed by atoms with E-state index in [1.54, 1.807) is 7.05 Å². The molecule has 0 amide bonds. The topological polar surface area (TPSA) is 71.0 Å². The van der Waals surface area contributed by atoms with Crippen molar-refractivity contribution in [1.29, 1.82) is 0 Å². The third-order valence-electron chi connectivity index (χ3n) is 3.03. The van der Waals surface area contributed by atoms with E-state index in [9.17, 15) is 4.79 Å². The third-order valence-corrected chi connectivity index (χ3v) is 3.03. The average Bonchev–Trinajstić information content (AvgIpc) is 2.82. The Morgan fingerprint density at radius 1 is 1.47 bits per heavy atom. The van der Waals surface area contributed by atoms with E-state index in [1.807, 2.05) is 30.1 Å². The molecule has 1 aliphatic heterocycles. The number of carboxylic acid groups (broad SMARTS) is 1. The van der Waals surface area contributed by atoms with Crippen molar-refractivity contribution in [3.05, 3.63) is 23.8 Å². The van der Waals surface area contributed by atoms with E-state index in [4.69, 9.17) is 14.6 Å².